The number of hydrogen-bond donors (Lipinski definition) is 5. The number of aliphatic hydroxyl groups is 2. The fraction of sp³-hybridized carbons (Fsp3) is 0.520. The maximum absolute atomic E-state index is 13.5. The molecule has 0 unspecified atom stereocenters. The van der Waals surface area contributed by atoms with Crippen LogP contribution in [0.15, 0.2) is 46.9 Å². The van der Waals surface area contributed by atoms with Gasteiger partial charge >= 0.3 is 233 Å². The Morgan fingerprint density at radius 2 is 1.87 bits per heavy atom. The number of alkyl halides is 5. The van der Waals surface area contributed by atoms with Crippen LogP contribution in [0.5, 0.6) is 0 Å². The number of nitrogens with two attached hydrogens (primary N) is 1. The summed E-state index contributed by atoms with van der Waals surface area (Å²) in [4.78, 5) is 53.5. The summed E-state index contributed by atoms with van der Waals surface area (Å²) in [6, 6.07) is 0. The van der Waals surface area contributed by atoms with Crippen molar-refractivity contribution in [1.82, 2.24) is 10.2 Å². The van der Waals surface area contributed by atoms with Gasteiger partial charge in [-0.05, 0) is 0 Å². The van der Waals surface area contributed by atoms with Crippen LogP contribution in [0.1, 0.15) is 34.6 Å². The number of alkyl carbamates (subject to hydrolysis) is 1. The number of likely N-dealkylation sites (N-methyl/N-ethyl adjacent to an activating group) is 1. The summed E-state index contributed by atoms with van der Waals surface area (Å²) < 4.78 is 12.4. The van der Waals surface area contributed by atoms with E-state index < -0.39 is 74.5 Å². The van der Waals surface area contributed by atoms with Crippen LogP contribution in [0, 0.1) is 5.41 Å². The second-order valence-corrected chi connectivity index (χ2v) is 30.6. The molecule has 0 fully saturated rings. The van der Waals surface area contributed by atoms with Crippen molar-refractivity contribution in [2.45, 2.75) is 44.7 Å². The maximum atomic E-state index is 13.5. The number of ether oxygens (including phenoxy) is 1. The fourth-order valence-corrected chi connectivity index (χ4v) is 34.4. The molecule has 0 bridgehead atoms. The SMILES string of the molecule is C=C(/C=C\C1=C(C)C(=O)I([C@H](O)I2(C)(O)C(=O)C(C(N)=O)=C(O)[C@H]2N(C)C)[C@H]1C)NC(=O)OCC(C)(C)C. The Kier molecular flexibility index (Phi) is 9.36. The van der Waals surface area contributed by atoms with E-state index in [0.717, 1.165) is 0 Å². The Bertz CT molecular complexity index is 1180. The van der Waals surface area contributed by atoms with E-state index in [1.165, 1.54) is 30.0 Å². The molecule has 3 atom stereocenters. The van der Waals surface area contributed by atoms with E-state index in [2.05, 4.69) is 11.9 Å². The second-order valence-electron chi connectivity index (χ2n) is 10.8. The van der Waals surface area contributed by atoms with Crippen molar-refractivity contribution >= 4 is 56.9 Å². The second kappa shape index (κ2) is 11.0. The van der Waals surface area contributed by atoms with E-state index in [4.69, 9.17) is 10.5 Å². The molecule has 2 heterocycles. The van der Waals surface area contributed by atoms with Crippen LogP contribution >= 0.6 is 37.3 Å². The van der Waals surface area contributed by atoms with Crippen molar-refractivity contribution in [3.63, 3.8) is 0 Å². The number of nitrogens with zero attached hydrogens (tertiary/aromatic N) is 1. The standard InChI is InChI=1S/C25H39I2N3O8/c1-13(29-24(36)38-12-25(4,5)6)10-11-16-14(2)19(32)26(15(16)3)23(35)27(7,37)20(30(8)9)18(31)17(21(27)33)22(28)34/h10-11,15,20,23,31,35,37H,1,12H2,2-9H3,(H2,28,34)(H,29,36)/b11-10-/t15-,20+,23-/m0/s1. The zero-order valence-corrected chi connectivity index (χ0v) is 27.3. The number of aliphatic hydroxyl groups excluding tert-OH is 2. The van der Waals surface area contributed by atoms with Crippen LogP contribution < -0.4 is 11.1 Å². The molecule has 0 aromatic heterocycles. The van der Waals surface area contributed by atoms with Gasteiger partial charge in [0.05, 0.1) is 0 Å². The van der Waals surface area contributed by atoms with Crippen molar-refractivity contribution in [2.24, 2.45) is 11.1 Å². The Hall–Kier alpha value is -1.82. The van der Waals surface area contributed by atoms with Gasteiger partial charge in [0.15, 0.2) is 0 Å². The summed E-state index contributed by atoms with van der Waals surface area (Å²) in [5.41, 5.74) is 5.58. The molecule has 0 spiro atoms. The first-order chi connectivity index (χ1) is 17.2. The molecule has 2 rings (SSSR count). The van der Waals surface area contributed by atoms with Crippen LogP contribution in [0.2, 0.25) is 0 Å². The number of carbonyl (C=O) groups excluding carboxylic acids is 4. The Balaban J connectivity index is 2.35. The van der Waals surface area contributed by atoms with Crippen LogP contribution in [0.25, 0.3) is 0 Å². The number of allylic oxidation sites excluding steroid dienone is 4. The number of hydrogen-bond acceptors (Lipinski definition) is 9. The molecule has 2 amide bonds. The molecule has 0 aromatic carbocycles. The van der Waals surface area contributed by atoms with Gasteiger partial charge in [-0.1, -0.05) is 0 Å². The van der Waals surface area contributed by atoms with Gasteiger partial charge < -0.3 is 0 Å². The van der Waals surface area contributed by atoms with E-state index >= 15 is 0 Å². The number of amides is 2. The van der Waals surface area contributed by atoms with Crippen LogP contribution in [-0.2, 0) is 19.1 Å². The van der Waals surface area contributed by atoms with Gasteiger partial charge in [-0.15, -0.1) is 0 Å². The zero-order valence-electron chi connectivity index (χ0n) is 23.0. The average Bonchev–Trinajstić information content (AvgIpc) is 3.07. The van der Waals surface area contributed by atoms with E-state index in [1.54, 1.807) is 19.9 Å². The van der Waals surface area contributed by atoms with Gasteiger partial charge in [-0.25, -0.2) is 0 Å². The zero-order chi connectivity index (χ0) is 29.6. The predicted octanol–water partition coefficient (Wildman–Crippen LogP) is 2.70. The molecular formula is C25H39I2N3O8. The average molecular weight is 763 g/mol. The first kappa shape index (κ1) is 32.4. The number of nitrogens with one attached hydrogen (secondary N) is 1. The van der Waals surface area contributed by atoms with E-state index in [1.807, 2.05) is 20.8 Å². The Morgan fingerprint density at radius 3 is 2.34 bits per heavy atom. The van der Waals surface area contributed by atoms with Gasteiger partial charge in [0.1, 0.15) is 0 Å². The van der Waals surface area contributed by atoms with E-state index in [-0.39, 0.29) is 21.5 Å². The topological polar surface area (TPSA) is 179 Å². The molecule has 0 radical (unpaired) electrons. The third kappa shape index (κ3) is 5.71. The summed E-state index contributed by atoms with van der Waals surface area (Å²) in [7, 11) is 3.00. The van der Waals surface area contributed by atoms with Crippen LogP contribution in [0.4, 0.5) is 4.79 Å². The van der Waals surface area contributed by atoms with Gasteiger partial charge in [-0.3, -0.25) is 0 Å². The van der Waals surface area contributed by atoms with Crippen molar-refractivity contribution < 1.29 is 37.6 Å². The van der Waals surface area contributed by atoms with Crippen LogP contribution in [0.3, 0.4) is 0 Å². The summed E-state index contributed by atoms with van der Waals surface area (Å²) in [6.07, 6.45) is 2.44. The molecule has 6 N–H and O–H groups in total. The first-order valence-corrected chi connectivity index (χ1v) is 21.8. The Morgan fingerprint density at radius 1 is 1.32 bits per heavy atom. The molecule has 0 aromatic rings. The van der Waals surface area contributed by atoms with Gasteiger partial charge in [0.25, 0.3) is 0 Å². The normalized spacial score (nSPS) is 26.1. The molecule has 0 aliphatic carbocycles. The fourth-order valence-electron chi connectivity index (χ4n) is 4.21. The third-order valence-corrected chi connectivity index (χ3v) is 33.5. The minimum absolute atomic E-state index is 0.206. The van der Waals surface area contributed by atoms with E-state index in [9.17, 15) is 32.8 Å². The molecular weight excluding hydrogens is 724 g/mol. The summed E-state index contributed by atoms with van der Waals surface area (Å²) in [5.74, 6) is -1.88. The quantitative estimate of drug-likeness (QED) is 0.0621. The first-order valence-electron chi connectivity index (χ1n) is 11.6. The summed E-state index contributed by atoms with van der Waals surface area (Å²) in [5, 5.41) is 24.9. The van der Waals surface area contributed by atoms with Gasteiger partial charge in [0.2, 0.25) is 0 Å². The molecule has 13 heteroatoms. The van der Waals surface area contributed by atoms with Gasteiger partial charge in [0, 0.05) is 0 Å². The predicted molar refractivity (Wildman–Crippen MR) is 163 cm³/mol. The van der Waals surface area contributed by atoms with Crippen molar-refractivity contribution in [3.05, 3.63) is 46.9 Å². The Labute approximate surface area is 231 Å². The molecule has 2 aliphatic rings. The molecule has 38 heavy (non-hydrogen) atoms. The molecule has 0 saturated heterocycles. The minimum atomic E-state index is -5.88. The number of primary amides is 1. The van der Waals surface area contributed by atoms with Crippen molar-refractivity contribution in [1.29, 1.82) is 0 Å². The monoisotopic (exact) mass is 763 g/mol. The van der Waals surface area contributed by atoms with Crippen molar-refractivity contribution in [3.8, 4) is 0 Å². The molecule has 11 nitrogen and oxygen atoms in total. The number of rotatable bonds is 8. The molecule has 0 saturated carbocycles. The van der Waals surface area contributed by atoms with Crippen LogP contribution in [-0.4, -0.2) is 73.9 Å². The number of halogens is 2. The van der Waals surface area contributed by atoms with Crippen molar-refractivity contribution in [2.75, 3.05) is 25.6 Å². The molecule has 216 valence electrons. The van der Waals surface area contributed by atoms with E-state index in [0.29, 0.717) is 11.1 Å². The number of carbonyl (C=O) groups is 4. The van der Waals surface area contributed by atoms with Gasteiger partial charge in [-0.2, -0.15) is 0 Å². The summed E-state index contributed by atoms with van der Waals surface area (Å²) >= 11 is -9.16. The molecule has 2 aliphatic heterocycles. The third-order valence-electron chi connectivity index (χ3n) is 6.07. The summed E-state index contributed by atoms with van der Waals surface area (Å²) in [6.45, 7) is 13.1.